The first-order valence-corrected chi connectivity index (χ1v) is 11.3. The average molecular weight is 409 g/mol. The molecule has 0 fully saturated rings. The molecule has 0 saturated carbocycles. The smallest absolute Gasteiger partial charge is 0.145 e. The van der Waals surface area contributed by atoms with Crippen LogP contribution in [0.2, 0.25) is 0 Å². The summed E-state index contributed by atoms with van der Waals surface area (Å²) in [5.74, 6) is 0. The third-order valence-corrected chi connectivity index (χ3v) is 7.49. The molecule has 0 unspecified atom stereocenters. The second-order valence-corrected chi connectivity index (χ2v) is 9.25. The predicted octanol–water partition coefficient (Wildman–Crippen LogP) is 7.09. The van der Waals surface area contributed by atoms with Gasteiger partial charge in [0.15, 0.2) is 0 Å². The number of imidazole rings is 1. The highest BCUT2D eigenvalue weighted by Gasteiger charge is 2.30. The molecular weight excluding hydrogens is 388 g/mol. The molecule has 0 N–H and O–H groups in total. The van der Waals surface area contributed by atoms with Crippen molar-refractivity contribution in [3.63, 3.8) is 0 Å². The fourth-order valence-electron chi connectivity index (χ4n) is 6.22. The number of hydrogen-bond acceptors (Lipinski definition) is 1. The van der Waals surface area contributed by atoms with Gasteiger partial charge in [-0.1, -0.05) is 72.8 Å². The van der Waals surface area contributed by atoms with E-state index in [0.717, 1.165) is 24.2 Å². The maximum absolute atomic E-state index is 4.94. The van der Waals surface area contributed by atoms with E-state index in [4.69, 9.17) is 4.98 Å². The number of fused-ring (bicyclic) bond motifs is 14. The zero-order valence-corrected chi connectivity index (χ0v) is 17.8. The molecule has 32 heavy (non-hydrogen) atoms. The molecular formula is C30H20N2. The molecule has 0 saturated heterocycles. The van der Waals surface area contributed by atoms with E-state index in [2.05, 4.69) is 90.3 Å². The maximum atomic E-state index is 4.94. The highest BCUT2D eigenvalue weighted by molar-refractivity contribution is 6.16. The van der Waals surface area contributed by atoms with E-state index in [1.165, 1.54) is 66.2 Å². The molecule has 8 rings (SSSR count). The standard InChI is InChI=1S/C30H20N2/c1-17-16-32-29-24(22-8-4-5-9-25(22)30(32)31-17)13-11-20-14-19-10-12-23-21-7-3-2-6-18(21)15-26(23)27(19)28(20)29/h2-13,16H,14-15H2,1H3. The van der Waals surface area contributed by atoms with Crippen LogP contribution in [0.4, 0.5) is 0 Å². The number of benzene rings is 4. The Morgan fingerprint density at radius 3 is 2.38 bits per heavy atom. The van der Waals surface area contributed by atoms with Crippen LogP contribution in [-0.2, 0) is 12.8 Å². The Bertz CT molecular complexity index is 1790. The summed E-state index contributed by atoms with van der Waals surface area (Å²) in [5.41, 5.74) is 14.9. The van der Waals surface area contributed by atoms with Crippen LogP contribution in [0.5, 0.6) is 0 Å². The van der Waals surface area contributed by atoms with E-state index in [-0.39, 0.29) is 0 Å². The largest absolute Gasteiger partial charge is 0.298 e. The van der Waals surface area contributed by atoms with Gasteiger partial charge in [0, 0.05) is 22.5 Å². The van der Waals surface area contributed by atoms with Crippen LogP contribution >= 0.6 is 0 Å². The quantitative estimate of drug-likeness (QED) is 0.245. The first-order valence-electron chi connectivity index (χ1n) is 11.3. The molecule has 2 heterocycles. The van der Waals surface area contributed by atoms with Crippen LogP contribution in [0.15, 0.2) is 79.0 Å². The topological polar surface area (TPSA) is 17.3 Å². The normalized spacial score (nSPS) is 13.5. The molecule has 2 heteroatoms. The first-order chi connectivity index (χ1) is 15.8. The van der Waals surface area contributed by atoms with Gasteiger partial charge in [-0.15, -0.1) is 0 Å². The number of aryl methyl sites for hydroxylation is 1. The van der Waals surface area contributed by atoms with Gasteiger partial charge >= 0.3 is 0 Å². The summed E-state index contributed by atoms with van der Waals surface area (Å²) in [4.78, 5) is 4.94. The Kier molecular flexibility index (Phi) is 2.96. The average Bonchev–Trinajstić information content (AvgIpc) is 3.50. The second kappa shape index (κ2) is 5.66. The summed E-state index contributed by atoms with van der Waals surface area (Å²) < 4.78 is 2.35. The minimum atomic E-state index is 1.01. The summed E-state index contributed by atoms with van der Waals surface area (Å²) >= 11 is 0. The van der Waals surface area contributed by atoms with Crippen LogP contribution in [0.1, 0.15) is 27.9 Å². The predicted molar refractivity (Wildman–Crippen MR) is 131 cm³/mol. The van der Waals surface area contributed by atoms with Crippen molar-refractivity contribution in [1.29, 1.82) is 0 Å². The number of nitrogens with zero attached hydrogens (tertiary/aromatic N) is 2. The van der Waals surface area contributed by atoms with E-state index < -0.39 is 0 Å². The van der Waals surface area contributed by atoms with Gasteiger partial charge in [0.05, 0.1) is 11.2 Å². The van der Waals surface area contributed by atoms with Gasteiger partial charge < -0.3 is 0 Å². The van der Waals surface area contributed by atoms with Crippen molar-refractivity contribution in [2.24, 2.45) is 0 Å². The van der Waals surface area contributed by atoms with Gasteiger partial charge in [-0.25, -0.2) is 4.98 Å². The van der Waals surface area contributed by atoms with Crippen LogP contribution < -0.4 is 0 Å². The first kappa shape index (κ1) is 16.7. The molecule has 4 aromatic carbocycles. The van der Waals surface area contributed by atoms with Crippen LogP contribution in [0.3, 0.4) is 0 Å². The molecule has 2 aromatic heterocycles. The monoisotopic (exact) mass is 408 g/mol. The van der Waals surface area contributed by atoms with Crippen molar-refractivity contribution >= 4 is 27.3 Å². The Hall–Kier alpha value is -3.91. The number of aromatic nitrogens is 2. The van der Waals surface area contributed by atoms with Crippen molar-refractivity contribution in [1.82, 2.24) is 9.38 Å². The lowest BCUT2D eigenvalue weighted by Gasteiger charge is -2.15. The Balaban J connectivity index is 1.57. The van der Waals surface area contributed by atoms with Gasteiger partial charge in [0.1, 0.15) is 5.65 Å². The van der Waals surface area contributed by atoms with E-state index in [1.54, 1.807) is 0 Å². The summed E-state index contributed by atoms with van der Waals surface area (Å²) in [6, 6.07) is 27.0. The minimum absolute atomic E-state index is 1.01. The molecule has 150 valence electrons. The second-order valence-electron chi connectivity index (χ2n) is 9.25. The van der Waals surface area contributed by atoms with Gasteiger partial charge in [-0.2, -0.15) is 0 Å². The lowest BCUT2D eigenvalue weighted by atomic mass is 9.93. The molecule has 0 aliphatic heterocycles. The van der Waals surface area contributed by atoms with E-state index in [9.17, 15) is 0 Å². The van der Waals surface area contributed by atoms with E-state index in [0.29, 0.717) is 0 Å². The summed E-state index contributed by atoms with van der Waals surface area (Å²) in [6.45, 7) is 2.10. The van der Waals surface area contributed by atoms with Gasteiger partial charge in [0.2, 0.25) is 0 Å². The van der Waals surface area contributed by atoms with Gasteiger partial charge in [-0.05, 0) is 64.1 Å². The lowest BCUT2D eigenvalue weighted by Crippen LogP contribution is -1.95. The zero-order valence-electron chi connectivity index (χ0n) is 17.8. The highest BCUT2D eigenvalue weighted by Crippen LogP contribution is 2.50. The minimum Gasteiger partial charge on any atom is -0.298 e. The van der Waals surface area contributed by atoms with Crippen LogP contribution in [0.25, 0.3) is 49.6 Å². The Morgan fingerprint density at radius 2 is 1.44 bits per heavy atom. The summed E-state index contributed by atoms with van der Waals surface area (Å²) in [6.07, 6.45) is 4.23. The third kappa shape index (κ3) is 1.94. The molecule has 0 atom stereocenters. The molecule has 0 bridgehead atoms. The highest BCUT2D eigenvalue weighted by atomic mass is 15.0. The van der Waals surface area contributed by atoms with Crippen molar-refractivity contribution in [2.75, 3.05) is 0 Å². The SMILES string of the molecule is Cc1cn2c(n1)c1ccccc1c1ccc3c(c12)-c1c(ccc2c1Cc1ccccc1-2)C3. The number of rotatable bonds is 0. The number of hydrogen-bond donors (Lipinski definition) is 0. The van der Waals surface area contributed by atoms with E-state index in [1.807, 2.05) is 0 Å². The van der Waals surface area contributed by atoms with Crippen LogP contribution in [0, 0.1) is 6.92 Å². The van der Waals surface area contributed by atoms with Gasteiger partial charge in [0.25, 0.3) is 0 Å². The Morgan fingerprint density at radius 1 is 0.656 bits per heavy atom. The molecule has 0 amide bonds. The molecule has 2 aliphatic rings. The van der Waals surface area contributed by atoms with Crippen molar-refractivity contribution in [2.45, 2.75) is 19.8 Å². The molecule has 2 aliphatic carbocycles. The summed E-state index contributed by atoms with van der Waals surface area (Å²) in [5, 5.41) is 3.81. The molecule has 2 nitrogen and oxygen atoms in total. The Labute approximate surface area is 185 Å². The van der Waals surface area contributed by atoms with Gasteiger partial charge in [-0.3, -0.25) is 4.40 Å². The van der Waals surface area contributed by atoms with Crippen molar-refractivity contribution < 1.29 is 0 Å². The molecule has 6 aromatic rings. The van der Waals surface area contributed by atoms with Crippen molar-refractivity contribution in [3.8, 4) is 22.3 Å². The summed E-state index contributed by atoms with van der Waals surface area (Å²) in [7, 11) is 0. The fraction of sp³-hybridized carbons (Fsp3) is 0.100. The zero-order chi connectivity index (χ0) is 21.0. The van der Waals surface area contributed by atoms with Crippen LogP contribution in [-0.4, -0.2) is 9.38 Å². The maximum Gasteiger partial charge on any atom is 0.145 e. The third-order valence-electron chi connectivity index (χ3n) is 7.49. The van der Waals surface area contributed by atoms with E-state index >= 15 is 0 Å². The fourth-order valence-corrected chi connectivity index (χ4v) is 6.22. The lowest BCUT2D eigenvalue weighted by molar-refractivity contribution is 1.23. The van der Waals surface area contributed by atoms with Crippen molar-refractivity contribution in [3.05, 3.63) is 107 Å². The molecule has 0 radical (unpaired) electrons. The number of pyridine rings is 1. The molecule has 0 spiro atoms.